The van der Waals surface area contributed by atoms with E-state index < -0.39 is 18.0 Å². The molecule has 0 saturated heterocycles. The molecule has 1 unspecified atom stereocenters. The maximum atomic E-state index is 13.5. The zero-order chi connectivity index (χ0) is 30.4. The lowest BCUT2D eigenvalue weighted by atomic mass is 9.99. The Hall–Kier alpha value is -4.44. The number of aryl methyl sites for hydroxylation is 1. The average molecular weight is 591 g/mol. The highest BCUT2D eigenvalue weighted by Gasteiger charge is 2.24. The molecule has 2 amide bonds. The highest BCUT2D eigenvalue weighted by Crippen LogP contribution is 2.27. The van der Waals surface area contributed by atoms with Gasteiger partial charge in [0.2, 0.25) is 5.91 Å². The molecule has 0 aliphatic rings. The second kappa shape index (κ2) is 13.5. The molecule has 2 heterocycles. The van der Waals surface area contributed by atoms with Crippen LogP contribution in [0.4, 0.5) is 10.5 Å². The molecule has 42 heavy (non-hydrogen) atoms. The van der Waals surface area contributed by atoms with Crippen LogP contribution in [0.1, 0.15) is 39.3 Å². The summed E-state index contributed by atoms with van der Waals surface area (Å²) in [6.45, 7) is 7.95. The van der Waals surface area contributed by atoms with Gasteiger partial charge in [0.05, 0.1) is 6.61 Å². The number of carbonyl (C=O) groups is 2. The predicted octanol–water partition coefficient (Wildman–Crippen LogP) is 5.48. The van der Waals surface area contributed by atoms with E-state index in [0.29, 0.717) is 22.1 Å². The van der Waals surface area contributed by atoms with Crippen LogP contribution in [0.15, 0.2) is 71.9 Å². The van der Waals surface area contributed by atoms with E-state index in [1.165, 1.54) is 6.07 Å². The lowest BCUT2D eigenvalue weighted by molar-refractivity contribution is -0.118. The first-order valence-electron chi connectivity index (χ1n) is 13.7. The molecule has 10 nitrogen and oxygen atoms in total. The van der Waals surface area contributed by atoms with Crippen LogP contribution < -0.4 is 16.2 Å². The zero-order valence-corrected chi connectivity index (χ0v) is 25.1. The Bertz CT molecular complexity index is 1610. The smallest absolute Gasteiger partial charge is 0.407 e. The van der Waals surface area contributed by atoms with Crippen molar-refractivity contribution in [3.8, 4) is 22.5 Å². The van der Waals surface area contributed by atoms with Gasteiger partial charge in [-0.1, -0.05) is 31.5 Å². The summed E-state index contributed by atoms with van der Waals surface area (Å²) in [5, 5.41) is 14.0. The van der Waals surface area contributed by atoms with Crippen LogP contribution in [0, 0.1) is 5.92 Å². The Morgan fingerprint density at radius 2 is 1.67 bits per heavy atom. The molecule has 0 radical (unpaired) electrons. The molecular formula is C31H35ClN6O4. The number of ether oxygens (including phenoxy) is 1. The lowest BCUT2D eigenvalue weighted by Crippen LogP contribution is -2.45. The monoisotopic (exact) mass is 590 g/mol. The van der Waals surface area contributed by atoms with Crippen molar-refractivity contribution in [1.29, 1.82) is 0 Å². The molecule has 2 aromatic carbocycles. The van der Waals surface area contributed by atoms with Gasteiger partial charge in [-0.25, -0.2) is 4.79 Å². The van der Waals surface area contributed by atoms with Gasteiger partial charge in [-0.15, -0.1) is 10.2 Å². The van der Waals surface area contributed by atoms with Crippen LogP contribution in [0.25, 0.3) is 22.5 Å². The normalized spacial score (nSPS) is 11.9. The predicted molar refractivity (Wildman–Crippen MR) is 163 cm³/mol. The molecule has 0 spiro atoms. The van der Waals surface area contributed by atoms with E-state index in [0.717, 1.165) is 16.7 Å². The van der Waals surface area contributed by atoms with Crippen LogP contribution in [0.3, 0.4) is 0 Å². The Morgan fingerprint density at radius 1 is 0.976 bits per heavy atom. The fourth-order valence-electron chi connectivity index (χ4n) is 4.32. The van der Waals surface area contributed by atoms with Gasteiger partial charge >= 0.3 is 6.09 Å². The maximum absolute atomic E-state index is 13.5. The summed E-state index contributed by atoms with van der Waals surface area (Å²) < 4.78 is 8.75. The Morgan fingerprint density at radius 3 is 2.31 bits per heavy atom. The first-order valence-corrected chi connectivity index (χ1v) is 14.1. The number of anilines is 1. The number of amides is 2. The van der Waals surface area contributed by atoms with Crippen LogP contribution in [0.2, 0.25) is 5.02 Å². The molecule has 1 atom stereocenters. The maximum Gasteiger partial charge on any atom is 0.407 e. The van der Waals surface area contributed by atoms with Crippen LogP contribution in [0.5, 0.6) is 0 Å². The number of nitrogens with zero attached hydrogens (tertiary/aromatic N) is 4. The largest absolute Gasteiger partial charge is 0.449 e. The zero-order valence-electron chi connectivity index (χ0n) is 24.3. The first-order chi connectivity index (χ1) is 20.0. The summed E-state index contributed by atoms with van der Waals surface area (Å²) in [5.41, 5.74) is 3.60. The summed E-state index contributed by atoms with van der Waals surface area (Å²) in [6, 6.07) is 14.9. The van der Waals surface area contributed by atoms with Crippen molar-refractivity contribution >= 4 is 29.3 Å². The highest BCUT2D eigenvalue weighted by molar-refractivity contribution is 6.31. The number of pyridine rings is 1. The molecule has 11 heteroatoms. The van der Waals surface area contributed by atoms with Crippen LogP contribution >= 0.6 is 11.6 Å². The van der Waals surface area contributed by atoms with Crippen molar-refractivity contribution < 1.29 is 14.3 Å². The number of rotatable bonds is 10. The highest BCUT2D eigenvalue weighted by atomic mass is 35.5. The van der Waals surface area contributed by atoms with Gasteiger partial charge in [0, 0.05) is 48.0 Å². The van der Waals surface area contributed by atoms with E-state index in [4.69, 9.17) is 16.3 Å². The van der Waals surface area contributed by atoms with Crippen molar-refractivity contribution in [1.82, 2.24) is 24.6 Å². The minimum absolute atomic E-state index is 0.00666. The summed E-state index contributed by atoms with van der Waals surface area (Å²) in [6.07, 6.45) is 2.82. The van der Waals surface area contributed by atoms with Gasteiger partial charge < -0.3 is 24.5 Å². The number of carbonyl (C=O) groups excluding carboxylic acids is 2. The van der Waals surface area contributed by atoms with Gasteiger partial charge in [-0.05, 0) is 78.9 Å². The fraction of sp³-hybridized carbons (Fsp3) is 0.323. The van der Waals surface area contributed by atoms with Gasteiger partial charge in [-0.2, -0.15) is 0 Å². The van der Waals surface area contributed by atoms with E-state index in [-0.39, 0.29) is 30.5 Å². The Kier molecular flexibility index (Phi) is 9.80. The van der Waals surface area contributed by atoms with Crippen molar-refractivity contribution in [2.75, 3.05) is 11.9 Å². The molecule has 2 aromatic heterocycles. The van der Waals surface area contributed by atoms with Gasteiger partial charge in [0.25, 0.3) is 5.56 Å². The van der Waals surface area contributed by atoms with E-state index in [1.54, 1.807) is 45.9 Å². The summed E-state index contributed by atoms with van der Waals surface area (Å²) in [5.74, 6) is 0.395. The first kappa shape index (κ1) is 30.5. The number of hydrogen-bond donors (Lipinski definition) is 2. The molecule has 0 aliphatic heterocycles. The van der Waals surface area contributed by atoms with E-state index in [9.17, 15) is 14.4 Å². The van der Waals surface area contributed by atoms with Crippen molar-refractivity contribution in [3.05, 3.63) is 88.1 Å². The number of hydrogen-bond acceptors (Lipinski definition) is 6. The number of halogens is 1. The summed E-state index contributed by atoms with van der Waals surface area (Å²) in [4.78, 5) is 38.4. The minimum Gasteiger partial charge on any atom is -0.449 e. The number of alkyl carbamates (subject to hydrolysis) is 1. The van der Waals surface area contributed by atoms with Gasteiger partial charge in [0.1, 0.15) is 12.4 Å². The van der Waals surface area contributed by atoms with Gasteiger partial charge in [-0.3, -0.25) is 9.59 Å². The number of benzene rings is 2. The lowest BCUT2D eigenvalue weighted by Gasteiger charge is -2.20. The molecule has 0 bridgehead atoms. The molecule has 2 N–H and O–H groups in total. The van der Waals surface area contributed by atoms with Crippen molar-refractivity contribution in [2.24, 2.45) is 13.0 Å². The standard InChI is InChI=1S/C31H35ClN6O4/c1-19(2)17-42-31(41)35-27(30(40)34-25-10-6-21(7-11-25)29-36-33-18-37(29)5)15-24-14-22(8-12-26(24)32)23-9-13-28(39)38(16-23)20(3)4/h6-14,16,18-20,27H,15,17H2,1-5H3,(H,34,40)(H,35,41). The van der Waals surface area contributed by atoms with E-state index in [1.807, 2.05) is 59.0 Å². The molecule has 220 valence electrons. The van der Waals surface area contributed by atoms with E-state index >= 15 is 0 Å². The number of nitrogens with one attached hydrogen (secondary N) is 2. The van der Waals surface area contributed by atoms with Crippen LogP contribution in [-0.2, 0) is 23.0 Å². The van der Waals surface area contributed by atoms with Gasteiger partial charge in [0.15, 0.2) is 5.82 Å². The van der Waals surface area contributed by atoms with E-state index in [2.05, 4.69) is 20.8 Å². The molecule has 4 aromatic rings. The quantitative estimate of drug-likeness (QED) is 0.252. The third kappa shape index (κ3) is 7.64. The second-order valence-electron chi connectivity index (χ2n) is 10.8. The third-order valence-corrected chi connectivity index (χ3v) is 6.94. The Labute approximate surface area is 249 Å². The third-order valence-electron chi connectivity index (χ3n) is 6.58. The average Bonchev–Trinajstić information content (AvgIpc) is 3.38. The van der Waals surface area contributed by atoms with Crippen molar-refractivity contribution in [3.63, 3.8) is 0 Å². The fourth-order valence-corrected chi connectivity index (χ4v) is 4.52. The van der Waals surface area contributed by atoms with Crippen LogP contribution in [-0.4, -0.2) is 44.0 Å². The number of aromatic nitrogens is 4. The Balaban J connectivity index is 1.58. The minimum atomic E-state index is -0.986. The summed E-state index contributed by atoms with van der Waals surface area (Å²) >= 11 is 6.57. The second-order valence-corrected chi connectivity index (χ2v) is 11.2. The molecule has 0 saturated carbocycles. The molecule has 0 aliphatic carbocycles. The molecule has 4 rings (SSSR count). The summed E-state index contributed by atoms with van der Waals surface area (Å²) in [7, 11) is 1.85. The molecule has 0 fully saturated rings. The van der Waals surface area contributed by atoms with Crippen molar-refractivity contribution in [2.45, 2.75) is 46.2 Å². The topological polar surface area (TPSA) is 120 Å². The molecular weight excluding hydrogens is 556 g/mol. The SMILES string of the molecule is CC(C)COC(=O)NC(Cc1cc(-c2ccc(=O)n(C(C)C)c2)ccc1Cl)C(=O)Nc1ccc(-c2nncn2C)cc1.